The smallest absolute Gasteiger partial charge is 0.360 e. The van der Waals surface area contributed by atoms with Crippen LogP contribution in [0.5, 0.6) is 17.2 Å². The first-order chi connectivity index (χ1) is 18.9. The van der Waals surface area contributed by atoms with Gasteiger partial charge in [0.15, 0.2) is 0 Å². The number of benzene rings is 3. The minimum absolute atomic E-state index is 0.0561. The van der Waals surface area contributed by atoms with Crippen LogP contribution < -0.4 is 30.9 Å². The van der Waals surface area contributed by atoms with Crippen LogP contribution in [0.2, 0.25) is 0 Å². The number of rotatable bonds is 7. The molecular weight excluding hydrogens is 496 g/mol. The van der Waals surface area contributed by atoms with Gasteiger partial charge in [-0.15, -0.1) is 0 Å². The van der Waals surface area contributed by atoms with Crippen molar-refractivity contribution in [2.45, 2.75) is 44.8 Å². The van der Waals surface area contributed by atoms with E-state index in [1.54, 1.807) is 38.5 Å². The minimum atomic E-state index is -0.638. The molecule has 0 atom stereocenters. The van der Waals surface area contributed by atoms with Crippen LogP contribution in [0.4, 0.5) is 5.69 Å². The number of hydrogen-bond donors (Lipinski definition) is 2. The van der Waals surface area contributed by atoms with Crippen molar-refractivity contribution in [1.82, 2.24) is 0 Å². The topological polar surface area (TPSA) is 113 Å². The fourth-order valence-corrected chi connectivity index (χ4v) is 4.97. The molecule has 0 unspecified atom stereocenters. The van der Waals surface area contributed by atoms with Gasteiger partial charge in [0.25, 0.3) is 5.91 Å². The standard InChI is InChI=1S/C31H32N2O6/c1-18-27(38-23-11-9-22(32)10-12-23)13-7-20-17-26(31(35)39-29(18)20)33-30(34)21-8-14-28(37-3)25(16-21)19-5-4-6-24(15-19)36-2/h4-8,13-17,22-23H,9-12,32H2,1-3H3,(H,33,34). The van der Waals surface area contributed by atoms with Crippen molar-refractivity contribution in [3.63, 3.8) is 0 Å². The van der Waals surface area contributed by atoms with Gasteiger partial charge in [-0.05, 0) is 86.7 Å². The maximum Gasteiger partial charge on any atom is 0.360 e. The van der Waals surface area contributed by atoms with E-state index in [1.165, 1.54) is 0 Å². The summed E-state index contributed by atoms with van der Waals surface area (Å²) in [6.45, 7) is 1.87. The number of carbonyl (C=O) groups is 1. The number of ether oxygens (including phenoxy) is 3. The number of nitrogens with one attached hydrogen (secondary N) is 1. The molecule has 4 aromatic rings. The highest BCUT2D eigenvalue weighted by molar-refractivity contribution is 6.05. The lowest BCUT2D eigenvalue weighted by Gasteiger charge is -2.27. The maximum atomic E-state index is 13.2. The SMILES string of the molecule is COc1cccc(-c2cc(C(=O)Nc3cc4ccc(OC5CCC(N)CC5)c(C)c4oc3=O)ccc2OC)c1. The van der Waals surface area contributed by atoms with Crippen LogP contribution in [0.3, 0.4) is 0 Å². The van der Waals surface area contributed by atoms with Crippen molar-refractivity contribution in [2.24, 2.45) is 5.73 Å². The van der Waals surface area contributed by atoms with Gasteiger partial charge in [-0.3, -0.25) is 4.79 Å². The molecule has 1 amide bonds. The van der Waals surface area contributed by atoms with Gasteiger partial charge in [0.1, 0.15) is 28.5 Å². The van der Waals surface area contributed by atoms with E-state index in [-0.39, 0.29) is 17.8 Å². The van der Waals surface area contributed by atoms with E-state index in [2.05, 4.69) is 5.32 Å². The molecule has 0 aliphatic heterocycles. The molecule has 3 aromatic carbocycles. The van der Waals surface area contributed by atoms with E-state index in [0.29, 0.717) is 33.8 Å². The number of amides is 1. The lowest BCUT2D eigenvalue weighted by Crippen LogP contribution is -2.31. The van der Waals surface area contributed by atoms with Crippen molar-refractivity contribution >= 4 is 22.6 Å². The van der Waals surface area contributed by atoms with Crippen molar-refractivity contribution in [1.29, 1.82) is 0 Å². The molecule has 0 radical (unpaired) electrons. The molecule has 8 heteroatoms. The molecule has 1 saturated carbocycles. The molecule has 0 spiro atoms. The summed E-state index contributed by atoms with van der Waals surface area (Å²) in [6.07, 6.45) is 3.77. The largest absolute Gasteiger partial charge is 0.497 e. The number of nitrogens with two attached hydrogens (primary N) is 1. The average molecular weight is 529 g/mol. The zero-order valence-corrected chi connectivity index (χ0v) is 22.3. The van der Waals surface area contributed by atoms with Crippen molar-refractivity contribution in [2.75, 3.05) is 19.5 Å². The molecule has 1 heterocycles. The Bertz CT molecular complexity index is 1570. The monoisotopic (exact) mass is 528 g/mol. The third-order valence-electron chi connectivity index (χ3n) is 7.20. The fourth-order valence-electron chi connectivity index (χ4n) is 4.97. The third-order valence-corrected chi connectivity index (χ3v) is 7.20. The summed E-state index contributed by atoms with van der Waals surface area (Å²) in [7, 11) is 3.17. The number of carbonyl (C=O) groups excluding carboxylic acids is 1. The summed E-state index contributed by atoms with van der Waals surface area (Å²) >= 11 is 0. The van der Waals surface area contributed by atoms with E-state index in [0.717, 1.165) is 42.4 Å². The first-order valence-corrected chi connectivity index (χ1v) is 13.0. The molecule has 3 N–H and O–H groups in total. The molecule has 1 fully saturated rings. The lowest BCUT2D eigenvalue weighted by molar-refractivity contribution is 0.102. The van der Waals surface area contributed by atoms with Crippen molar-refractivity contribution < 1.29 is 23.4 Å². The molecule has 1 aliphatic carbocycles. The summed E-state index contributed by atoms with van der Waals surface area (Å²) in [5, 5.41) is 3.39. The first-order valence-electron chi connectivity index (χ1n) is 13.0. The lowest BCUT2D eigenvalue weighted by atomic mass is 9.93. The quantitative estimate of drug-likeness (QED) is 0.296. The average Bonchev–Trinajstić information content (AvgIpc) is 2.96. The number of aryl methyl sites for hydroxylation is 1. The van der Waals surface area contributed by atoms with Crippen molar-refractivity contribution in [3.05, 3.63) is 82.2 Å². The predicted octanol–water partition coefficient (Wildman–Crippen LogP) is 5.69. The Hall–Kier alpha value is -4.30. The Morgan fingerprint density at radius 2 is 1.72 bits per heavy atom. The van der Waals surface area contributed by atoms with Crippen LogP contribution in [0.1, 0.15) is 41.6 Å². The second-order valence-corrected chi connectivity index (χ2v) is 9.81. The van der Waals surface area contributed by atoms with Gasteiger partial charge in [0, 0.05) is 28.1 Å². The third kappa shape index (κ3) is 5.61. The normalized spacial score (nSPS) is 17.0. The van der Waals surface area contributed by atoms with Crippen LogP contribution in [0.25, 0.3) is 22.1 Å². The van der Waals surface area contributed by atoms with Crippen LogP contribution in [0.15, 0.2) is 69.9 Å². The van der Waals surface area contributed by atoms with Crippen LogP contribution in [-0.2, 0) is 0 Å². The Labute approximate surface area is 226 Å². The van der Waals surface area contributed by atoms with Gasteiger partial charge in [-0.2, -0.15) is 0 Å². The Balaban J connectivity index is 1.40. The Morgan fingerprint density at radius 1 is 0.949 bits per heavy atom. The number of anilines is 1. The van der Waals surface area contributed by atoms with E-state index in [4.69, 9.17) is 24.4 Å². The molecular formula is C31H32N2O6. The van der Waals surface area contributed by atoms with Gasteiger partial charge in [0.05, 0.1) is 20.3 Å². The van der Waals surface area contributed by atoms with E-state index >= 15 is 0 Å². The van der Waals surface area contributed by atoms with Gasteiger partial charge in [0.2, 0.25) is 0 Å². The molecule has 8 nitrogen and oxygen atoms in total. The second kappa shape index (κ2) is 11.2. The van der Waals surface area contributed by atoms with E-state index < -0.39 is 11.5 Å². The van der Waals surface area contributed by atoms with Gasteiger partial charge in [-0.25, -0.2) is 4.79 Å². The molecule has 1 aliphatic rings. The number of fused-ring (bicyclic) bond motifs is 1. The van der Waals surface area contributed by atoms with Gasteiger partial charge >= 0.3 is 5.63 Å². The molecule has 0 bridgehead atoms. The van der Waals surface area contributed by atoms with E-state index in [9.17, 15) is 9.59 Å². The summed E-state index contributed by atoms with van der Waals surface area (Å²) in [4.78, 5) is 26.1. The number of methoxy groups -OCH3 is 2. The predicted molar refractivity (Wildman–Crippen MR) is 151 cm³/mol. The molecule has 202 valence electrons. The molecule has 39 heavy (non-hydrogen) atoms. The fraction of sp³-hybridized carbons (Fsp3) is 0.290. The minimum Gasteiger partial charge on any atom is -0.497 e. The summed E-state index contributed by atoms with van der Waals surface area (Å²) < 4.78 is 22.7. The highest BCUT2D eigenvalue weighted by Gasteiger charge is 2.22. The van der Waals surface area contributed by atoms with Gasteiger partial charge < -0.3 is 29.7 Å². The molecule has 5 rings (SSSR count). The van der Waals surface area contributed by atoms with Crippen LogP contribution in [-0.4, -0.2) is 32.3 Å². The molecule has 1 aromatic heterocycles. The number of hydrogen-bond acceptors (Lipinski definition) is 7. The Kier molecular flexibility index (Phi) is 7.56. The summed E-state index contributed by atoms with van der Waals surface area (Å²) in [5.74, 6) is 1.53. The van der Waals surface area contributed by atoms with E-state index in [1.807, 2.05) is 43.3 Å². The van der Waals surface area contributed by atoms with Crippen LogP contribution in [0, 0.1) is 6.92 Å². The summed E-state index contributed by atoms with van der Waals surface area (Å²) in [5.41, 5.74) is 8.52. The first kappa shape index (κ1) is 26.3. The highest BCUT2D eigenvalue weighted by atomic mass is 16.5. The highest BCUT2D eigenvalue weighted by Crippen LogP contribution is 2.34. The van der Waals surface area contributed by atoms with Crippen LogP contribution >= 0.6 is 0 Å². The molecule has 0 saturated heterocycles. The second-order valence-electron chi connectivity index (χ2n) is 9.81. The zero-order chi connectivity index (χ0) is 27.5. The van der Waals surface area contributed by atoms with Gasteiger partial charge in [-0.1, -0.05) is 12.1 Å². The summed E-state index contributed by atoms with van der Waals surface area (Å²) in [6, 6.07) is 18.1. The Morgan fingerprint density at radius 3 is 2.46 bits per heavy atom. The van der Waals surface area contributed by atoms with Crippen molar-refractivity contribution in [3.8, 4) is 28.4 Å². The zero-order valence-electron chi connectivity index (χ0n) is 22.3. The maximum absolute atomic E-state index is 13.2.